The van der Waals surface area contributed by atoms with Crippen molar-refractivity contribution in [2.75, 3.05) is 42.7 Å². The summed E-state index contributed by atoms with van der Waals surface area (Å²) in [6.07, 6.45) is 9.13. The number of hydrogen-bond donors (Lipinski definition) is 6. The molecule has 0 spiro atoms. The average Bonchev–Trinajstić information content (AvgIpc) is 1.62. The Morgan fingerprint density at radius 3 is 1.31 bits per heavy atom. The van der Waals surface area contributed by atoms with E-state index in [1.54, 1.807) is 42.9 Å². The van der Waals surface area contributed by atoms with Crippen LogP contribution in [-0.2, 0) is 38.7 Å². The minimum absolute atomic E-state index is 0.0259. The maximum atomic E-state index is 12.7. The third kappa shape index (κ3) is 18.5. The summed E-state index contributed by atoms with van der Waals surface area (Å²) in [6, 6.07) is 35.8. The highest BCUT2D eigenvalue weighted by molar-refractivity contribution is 6.09. The molecule has 20 heteroatoms. The van der Waals surface area contributed by atoms with Crippen LogP contribution in [0, 0.1) is 20.8 Å². The molecular weight excluding hydrogens is 1250 g/mol. The number of ether oxygens (including phenoxy) is 7. The van der Waals surface area contributed by atoms with E-state index < -0.39 is 17.9 Å². The van der Waals surface area contributed by atoms with Gasteiger partial charge in [-0.3, -0.25) is 24.0 Å². The van der Waals surface area contributed by atoms with Crippen LogP contribution in [0.5, 0.6) is 51.7 Å². The van der Waals surface area contributed by atoms with Gasteiger partial charge in [-0.1, -0.05) is 76.9 Å². The summed E-state index contributed by atoms with van der Waals surface area (Å²) >= 11 is 0. The number of carboxylic acids is 2. The Bertz CT molecular complexity index is 4330. The van der Waals surface area contributed by atoms with Crippen molar-refractivity contribution in [3.8, 4) is 51.7 Å². The quantitative estimate of drug-likeness (QED) is 0.0249. The van der Waals surface area contributed by atoms with Gasteiger partial charge in [-0.15, -0.1) is 0 Å². The number of furan rings is 2. The lowest BCUT2D eigenvalue weighted by Crippen LogP contribution is -2.22. The smallest absolute Gasteiger partial charge is 0.308 e. The number of phenols is 2. The Balaban J connectivity index is 0.000000186. The van der Waals surface area contributed by atoms with Gasteiger partial charge in [0.05, 0.1) is 87.5 Å². The van der Waals surface area contributed by atoms with Crippen molar-refractivity contribution in [2.24, 2.45) is 5.73 Å². The van der Waals surface area contributed by atoms with E-state index in [2.05, 4.69) is 41.7 Å². The standard InChI is InChI=1S/C27H27NO5.C22H22O5.C13H14O2.C11H12O5.C5H7NO/c1-16-7-8-20-21(11-18-12-24(31-3)27(30)25(13-18)32-4)17(2)22(23(20)10-16)14-26(29)28-15-19-6-5-9-33-19;1-12-5-6-15-16(13(2)17(11-21(23)24)18(15)7-12)8-14-9-19(26-3)22(25)20(10-14)27-4;1-8-3-4-10-6-9(2)11(7-13(14)15)12(10)5-8;1-7(13)16-11-9(14-2)4-8(6-12)5-10(11)15-3;6-4-5-2-1-3-7-5/h5-13,30H,14-15H2,1-4H3,(H,28,29);5-10,25H,11H2,1-4H3,(H,23,24);3-5H,6-7H2,1-2H3,(H,14,15);4-6H,1-3H3;1-3H,4,6H2/b21-11-;16-8-;;;. The van der Waals surface area contributed by atoms with Gasteiger partial charge >= 0.3 is 17.9 Å². The Labute approximate surface area is 569 Å². The number of carboxylic acid groups (broad SMARTS) is 2. The molecule has 3 aliphatic rings. The number of hydrogen-bond acceptors (Lipinski definition) is 17. The van der Waals surface area contributed by atoms with Crippen molar-refractivity contribution in [1.29, 1.82) is 0 Å². The summed E-state index contributed by atoms with van der Waals surface area (Å²) in [5.74, 6) is 1.32. The Morgan fingerprint density at radius 1 is 0.510 bits per heavy atom. The summed E-state index contributed by atoms with van der Waals surface area (Å²) < 4.78 is 46.2. The second-order valence-electron chi connectivity index (χ2n) is 23.0. The minimum atomic E-state index is -0.856. The van der Waals surface area contributed by atoms with Gasteiger partial charge < -0.3 is 73.5 Å². The van der Waals surface area contributed by atoms with E-state index in [9.17, 15) is 39.3 Å². The number of nitrogens with two attached hydrogens (primary N) is 1. The number of aryl methyl sites for hydroxylation is 3. The van der Waals surface area contributed by atoms with Gasteiger partial charge in [-0.2, -0.15) is 0 Å². The fraction of sp³-hybridized carbons (Fsp3) is 0.244. The number of phenolic OH excluding ortho intramolecular Hbond substituents is 2. The van der Waals surface area contributed by atoms with E-state index >= 15 is 0 Å². The average molecular weight is 1340 g/mol. The van der Waals surface area contributed by atoms with Gasteiger partial charge in [0.2, 0.25) is 23.2 Å². The maximum absolute atomic E-state index is 12.7. The molecule has 0 atom stereocenters. The molecule has 11 rings (SSSR count). The number of fused-ring (bicyclic) bond motifs is 3. The van der Waals surface area contributed by atoms with Crippen molar-refractivity contribution in [2.45, 2.75) is 87.2 Å². The molecule has 6 aromatic carbocycles. The van der Waals surface area contributed by atoms with Gasteiger partial charge in [-0.05, 0) is 204 Å². The molecule has 0 fully saturated rings. The van der Waals surface area contributed by atoms with Crippen LogP contribution < -0.4 is 44.2 Å². The van der Waals surface area contributed by atoms with Gasteiger partial charge in [0, 0.05) is 12.5 Å². The predicted molar refractivity (Wildman–Crippen MR) is 376 cm³/mol. The van der Waals surface area contributed by atoms with Gasteiger partial charge in [0.25, 0.3) is 0 Å². The summed E-state index contributed by atoms with van der Waals surface area (Å²) in [6.45, 7) is 14.2. The third-order valence-electron chi connectivity index (χ3n) is 16.2. The molecule has 2 heterocycles. The van der Waals surface area contributed by atoms with Gasteiger partial charge in [0.15, 0.2) is 34.5 Å². The molecule has 512 valence electrons. The topological polar surface area (TPSA) is 295 Å². The summed E-state index contributed by atoms with van der Waals surface area (Å²) in [5.41, 5.74) is 25.0. The third-order valence-corrected chi connectivity index (χ3v) is 16.2. The van der Waals surface area contributed by atoms with E-state index in [1.165, 1.54) is 78.4 Å². The van der Waals surface area contributed by atoms with Crippen LogP contribution in [0.15, 0.2) is 153 Å². The fourth-order valence-electron chi connectivity index (χ4n) is 11.3. The van der Waals surface area contributed by atoms with Crippen molar-refractivity contribution < 1.29 is 86.4 Å². The monoisotopic (exact) mass is 1330 g/mol. The van der Waals surface area contributed by atoms with Gasteiger partial charge in [0.1, 0.15) is 17.8 Å². The first kappa shape index (κ1) is 73.9. The predicted octanol–water partition coefficient (Wildman–Crippen LogP) is 14.8. The van der Waals surface area contributed by atoms with E-state index in [4.69, 9.17) is 52.8 Å². The molecule has 0 radical (unpaired) electrons. The van der Waals surface area contributed by atoms with Crippen LogP contribution in [0.1, 0.15) is 130 Å². The number of nitrogens with one attached hydrogen (secondary N) is 1. The highest BCUT2D eigenvalue weighted by atomic mass is 16.6. The zero-order chi connectivity index (χ0) is 71.5. The molecule has 1 amide bonds. The Morgan fingerprint density at radius 2 is 0.918 bits per heavy atom. The Hall–Kier alpha value is -11.5. The Kier molecular flexibility index (Phi) is 25.8. The second kappa shape index (κ2) is 34.2. The van der Waals surface area contributed by atoms with E-state index in [-0.39, 0.29) is 53.9 Å². The van der Waals surface area contributed by atoms with E-state index in [0.29, 0.717) is 53.7 Å². The lowest BCUT2D eigenvalue weighted by Gasteiger charge is -2.12. The summed E-state index contributed by atoms with van der Waals surface area (Å²) in [4.78, 5) is 56.4. The number of aldehydes is 1. The number of allylic oxidation sites excluding steroid dienone is 5. The SMILES string of the molecule is CC1=C(CC(=O)O)c2cc(C)ccc2C1.COc1cc(/C=C2/C(C)=C(CC(=O)NCc3ccco3)c3cc(C)ccc32)cc(OC)c1O.COc1cc(/C=C2/C(C)=C(CC(=O)O)c3cc(C)ccc32)cc(OC)c1O.COc1cc(C=O)cc(OC)c1OC(C)=O.NCc1ccco1. The normalized spacial score (nSPS) is 13.0. The number of amides is 1. The highest BCUT2D eigenvalue weighted by Gasteiger charge is 2.28. The second-order valence-corrected chi connectivity index (χ2v) is 23.0. The molecule has 7 N–H and O–H groups in total. The van der Waals surface area contributed by atoms with Crippen LogP contribution in [0.25, 0.3) is 40.0 Å². The first-order chi connectivity index (χ1) is 46.9. The molecule has 98 heavy (non-hydrogen) atoms. The van der Waals surface area contributed by atoms with Crippen molar-refractivity contribution in [1.82, 2.24) is 5.32 Å². The van der Waals surface area contributed by atoms with Crippen LogP contribution in [0.3, 0.4) is 0 Å². The van der Waals surface area contributed by atoms with E-state index in [0.717, 1.165) is 101 Å². The zero-order valence-electron chi connectivity index (χ0n) is 57.2. The molecule has 2 aromatic heterocycles. The van der Waals surface area contributed by atoms with Crippen molar-refractivity contribution in [3.05, 3.63) is 223 Å². The van der Waals surface area contributed by atoms with Crippen molar-refractivity contribution >= 4 is 70.1 Å². The zero-order valence-corrected chi connectivity index (χ0v) is 57.2. The number of carbonyl (C=O) groups excluding carboxylic acids is 3. The lowest BCUT2D eigenvalue weighted by molar-refractivity contribution is -0.136. The molecule has 20 nitrogen and oxygen atoms in total. The molecule has 0 bridgehead atoms. The first-order valence-corrected chi connectivity index (χ1v) is 31.0. The molecule has 0 saturated carbocycles. The summed E-state index contributed by atoms with van der Waals surface area (Å²) in [5, 5.41) is 41.5. The maximum Gasteiger partial charge on any atom is 0.308 e. The summed E-state index contributed by atoms with van der Waals surface area (Å²) in [7, 11) is 8.80. The molecule has 8 aromatic rings. The number of rotatable bonds is 19. The van der Waals surface area contributed by atoms with Crippen molar-refractivity contribution in [3.63, 3.8) is 0 Å². The van der Waals surface area contributed by atoms with Crippen LogP contribution >= 0.6 is 0 Å². The number of methoxy groups -OCH3 is 6. The number of benzene rings is 6. The van der Waals surface area contributed by atoms with Crippen LogP contribution in [0.2, 0.25) is 0 Å². The minimum Gasteiger partial charge on any atom is -0.502 e. The van der Waals surface area contributed by atoms with Crippen LogP contribution in [-0.4, -0.2) is 93.2 Å². The largest absolute Gasteiger partial charge is 0.502 e. The number of carbonyl (C=O) groups is 5. The molecular formula is C78H82N2O18. The lowest BCUT2D eigenvalue weighted by atomic mass is 9.98. The number of aromatic hydroxyl groups is 2. The molecule has 0 aliphatic heterocycles. The highest BCUT2D eigenvalue weighted by Crippen LogP contribution is 2.48. The molecule has 3 aliphatic carbocycles. The molecule has 0 unspecified atom stereocenters. The van der Waals surface area contributed by atoms with Crippen LogP contribution in [0.4, 0.5) is 0 Å². The number of aliphatic carboxylic acids is 2. The molecule has 0 saturated heterocycles. The first-order valence-electron chi connectivity index (χ1n) is 31.0. The van der Waals surface area contributed by atoms with Gasteiger partial charge in [-0.25, -0.2) is 0 Å². The fourth-order valence-corrected chi connectivity index (χ4v) is 11.3. The van der Waals surface area contributed by atoms with E-state index in [1.807, 2.05) is 90.1 Å². The number of esters is 1.